The number of anilines is 2. The number of aryl methyl sites for hydroxylation is 1. The van der Waals surface area contributed by atoms with E-state index >= 15 is 0 Å². The molecule has 0 fully saturated rings. The predicted molar refractivity (Wildman–Crippen MR) is 164 cm³/mol. The molecule has 0 spiro atoms. The van der Waals surface area contributed by atoms with E-state index in [9.17, 15) is 14.4 Å². The smallest absolute Gasteiger partial charge is 0.272 e. The molecule has 0 bridgehead atoms. The van der Waals surface area contributed by atoms with Crippen LogP contribution in [0.25, 0.3) is 6.08 Å². The molecule has 6 nitrogen and oxygen atoms in total. The summed E-state index contributed by atoms with van der Waals surface area (Å²) in [6.07, 6.45) is 1.44. The van der Waals surface area contributed by atoms with Crippen molar-refractivity contribution in [3.63, 3.8) is 0 Å². The van der Waals surface area contributed by atoms with Gasteiger partial charge in [0.25, 0.3) is 11.8 Å². The highest BCUT2D eigenvalue weighted by Gasteiger charge is 2.17. The molecule has 0 aliphatic carbocycles. The van der Waals surface area contributed by atoms with Crippen molar-refractivity contribution in [1.29, 1.82) is 0 Å². The van der Waals surface area contributed by atoms with E-state index in [-0.39, 0.29) is 17.4 Å². The lowest BCUT2D eigenvalue weighted by atomic mass is 10.1. The van der Waals surface area contributed by atoms with Crippen LogP contribution in [0.5, 0.6) is 0 Å². The van der Waals surface area contributed by atoms with Crippen LogP contribution in [0.1, 0.15) is 21.5 Å². The van der Waals surface area contributed by atoms with Gasteiger partial charge in [0, 0.05) is 37.4 Å². The number of benzene rings is 4. The first-order valence-corrected chi connectivity index (χ1v) is 14.0. The fraction of sp³-hybridized carbons (Fsp3) is 0.0645. The number of halogens is 2. The molecule has 3 amide bonds. The zero-order valence-electron chi connectivity index (χ0n) is 21.4. The molecule has 4 rings (SSSR count). The molecule has 0 saturated carbocycles. The van der Waals surface area contributed by atoms with Crippen LogP contribution in [0.15, 0.2) is 108 Å². The van der Waals surface area contributed by atoms with Crippen LogP contribution in [-0.4, -0.2) is 23.5 Å². The molecule has 40 heavy (non-hydrogen) atoms. The van der Waals surface area contributed by atoms with Crippen molar-refractivity contribution >= 4 is 70.1 Å². The summed E-state index contributed by atoms with van der Waals surface area (Å²) < 4.78 is 0. The van der Waals surface area contributed by atoms with Crippen molar-refractivity contribution in [2.45, 2.75) is 11.8 Å². The number of hydrogen-bond donors (Lipinski definition) is 3. The summed E-state index contributed by atoms with van der Waals surface area (Å²) in [6.45, 7) is 1.98. The lowest BCUT2D eigenvalue weighted by Gasteiger charge is -2.13. The lowest BCUT2D eigenvalue weighted by molar-refractivity contribution is -0.114. The summed E-state index contributed by atoms with van der Waals surface area (Å²) in [5.41, 5.74) is 3.06. The molecule has 9 heteroatoms. The number of hydrogen-bond acceptors (Lipinski definition) is 4. The monoisotopic (exact) mass is 589 g/mol. The van der Waals surface area contributed by atoms with Gasteiger partial charge in [0.05, 0.1) is 5.75 Å². The van der Waals surface area contributed by atoms with Gasteiger partial charge in [0.1, 0.15) is 5.70 Å². The third-order valence-electron chi connectivity index (χ3n) is 5.61. The Labute approximate surface area is 246 Å². The highest BCUT2D eigenvalue weighted by Crippen LogP contribution is 2.27. The molecule has 3 N–H and O–H groups in total. The summed E-state index contributed by atoms with van der Waals surface area (Å²) in [5, 5.41) is 9.00. The van der Waals surface area contributed by atoms with E-state index < -0.39 is 11.8 Å². The van der Waals surface area contributed by atoms with E-state index in [0.717, 1.165) is 16.1 Å². The van der Waals surface area contributed by atoms with E-state index in [0.29, 0.717) is 26.9 Å². The molecule has 4 aromatic rings. The van der Waals surface area contributed by atoms with Gasteiger partial charge in [-0.2, -0.15) is 0 Å². The van der Waals surface area contributed by atoms with Crippen LogP contribution in [0.2, 0.25) is 10.0 Å². The van der Waals surface area contributed by atoms with Gasteiger partial charge in [-0.25, -0.2) is 0 Å². The Kier molecular flexibility index (Phi) is 10.0. The molecular weight excluding hydrogens is 565 g/mol. The minimum Gasteiger partial charge on any atom is -0.325 e. The number of thioether (sulfide) groups is 1. The first kappa shape index (κ1) is 29.0. The van der Waals surface area contributed by atoms with Gasteiger partial charge in [-0.15, -0.1) is 11.8 Å². The van der Waals surface area contributed by atoms with Crippen LogP contribution in [0, 0.1) is 6.92 Å². The fourth-order valence-corrected chi connectivity index (χ4v) is 4.84. The standard InChI is InChI=1S/C31H25Cl2N3O3S/c1-20-13-15-22(16-14-20)34-29(37)19-40-24-10-5-9-23(17-24)35-31(39)28(18-25-26(32)11-6-12-27(25)33)36-30(38)21-7-3-2-4-8-21/h2-18H,19H2,1H3,(H,34,37)(H,35,39)(H,36,38)/b28-18+. The average molecular weight is 591 g/mol. The molecule has 0 radical (unpaired) electrons. The molecule has 0 unspecified atom stereocenters. The minimum absolute atomic E-state index is 0.0422. The highest BCUT2D eigenvalue weighted by molar-refractivity contribution is 8.00. The number of carbonyl (C=O) groups excluding carboxylic acids is 3. The first-order valence-electron chi connectivity index (χ1n) is 12.2. The second kappa shape index (κ2) is 13.8. The Morgan fingerprint density at radius 1 is 0.775 bits per heavy atom. The van der Waals surface area contributed by atoms with E-state index in [4.69, 9.17) is 23.2 Å². The Morgan fingerprint density at radius 2 is 1.45 bits per heavy atom. The van der Waals surface area contributed by atoms with Crippen molar-refractivity contribution < 1.29 is 14.4 Å². The van der Waals surface area contributed by atoms with Crippen LogP contribution < -0.4 is 16.0 Å². The third-order valence-corrected chi connectivity index (χ3v) is 7.27. The zero-order valence-corrected chi connectivity index (χ0v) is 23.7. The Balaban J connectivity index is 1.48. The van der Waals surface area contributed by atoms with E-state index in [1.54, 1.807) is 66.7 Å². The van der Waals surface area contributed by atoms with Crippen LogP contribution in [-0.2, 0) is 9.59 Å². The van der Waals surface area contributed by atoms with Crippen molar-refractivity contribution in [3.8, 4) is 0 Å². The molecule has 4 aromatic carbocycles. The SMILES string of the molecule is Cc1ccc(NC(=O)CSc2cccc(NC(=O)/C(=C\c3c(Cl)cccc3Cl)NC(=O)c3ccccc3)c2)cc1. The van der Waals surface area contributed by atoms with Gasteiger partial charge in [0.15, 0.2) is 0 Å². The predicted octanol–water partition coefficient (Wildman–Crippen LogP) is 7.44. The molecule has 0 aliphatic heterocycles. The molecule has 202 valence electrons. The lowest BCUT2D eigenvalue weighted by Crippen LogP contribution is -2.30. The number of carbonyl (C=O) groups is 3. The number of rotatable bonds is 9. The third kappa shape index (κ3) is 8.23. The number of nitrogens with one attached hydrogen (secondary N) is 3. The van der Waals surface area contributed by atoms with Crippen LogP contribution in [0.4, 0.5) is 11.4 Å². The quantitative estimate of drug-likeness (QED) is 0.140. The summed E-state index contributed by atoms with van der Waals surface area (Å²) in [6, 6.07) is 28.2. The van der Waals surface area contributed by atoms with Gasteiger partial charge in [0.2, 0.25) is 5.91 Å². The Bertz CT molecular complexity index is 1540. The largest absolute Gasteiger partial charge is 0.325 e. The van der Waals surface area contributed by atoms with Gasteiger partial charge < -0.3 is 16.0 Å². The fourth-order valence-electron chi connectivity index (χ4n) is 3.58. The average Bonchev–Trinajstić information content (AvgIpc) is 2.95. The number of amides is 3. The molecule has 0 saturated heterocycles. The summed E-state index contributed by atoms with van der Waals surface area (Å²) >= 11 is 14.0. The maximum absolute atomic E-state index is 13.4. The normalized spacial score (nSPS) is 11.0. The van der Waals surface area contributed by atoms with Crippen molar-refractivity contribution in [3.05, 3.63) is 129 Å². The summed E-state index contributed by atoms with van der Waals surface area (Å²) in [7, 11) is 0. The van der Waals surface area contributed by atoms with Gasteiger partial charge in [-0.1, -0.05) is 71.2 Å². The van der Waals surface area contributed by atoms with Gasteiger partial charge in [-0.05, 0) is 67.6 Å². The minimum atomic E-state index is -0.570. The second-order valence-electron chi connectivity index (χ2n) is 8.70. The molecular formula is C31H25Cl2N3O3S. The van der Waals surface area contributed by atoms with Crippen molar-refractivity contribution in [2.75, 3.05) is 16.4 Å². The second-order valence-corrected chi connectivity index (χ2v) is 10.6. The topological polar surface area (TPSA) is 87.3 Å². The maximum atomic E-state index is 13.4. The maximum Gasteiger partial charge on any atom is 0.272 e. The highest BCUT2D eigenvalue weighted by atomic mass is 35.5. The summed E-state index contributed by atoms with van der Waals surface area (Å²) in [4.78, 5) is 39.4. The van der Waals surface area contributed by atoms with E-state index in [2.05, 4.69) is 16.0 Å². The molecule has 0 aliphatic rings. The van der Waals surface area contributed by atoms with Crippen molar-refractivity contribution in [1.82, 2.24) is 5.32 Å². The van der Waals surface area contributed by atoms with Gasteiger partial charge in [-0.3, -0.25) is 14.4 Å². The van der Waals surface area contributed by atoms with Crippen molar-refractivity contribution in [2.24, 2.45) is 0 Å². The summed E-state index contributed by atoms with van der Waals surface area (Å²) in [5.74, 6) is -0.989. The first-order chi connectivity index (χ1) is 19.3. The Morgan fingerprint density at radius 3 is 2.15 bits per heavy atom. The zero-order chi connectivity index (χ0) is 28.5. The van der Waals surface area contributed by atoms with Crippen LogP contribution >= 0.6 is 35.0 Å². The van der Waals surface area contributed by atoms with E-state index in [1.165, 1.54) is 17.8 Å². The van der Waals surface area contributed by atoms with E-state index in [1.807, 2.05) is 37.3 Å². The molecule has 0 aromatic heterocycles. The molecule has 0 heterocycles. The van der Waals surface area contributed by atoms with Gasteiger partial charge >= 0.3 is 0 Å². The van der Waals surface area contributed by atoms with Crippen LogP contribution in [0.3, 0.4) is 0 Å². The Hall–Kier alpha value is -4.04. The molecule has 0 atom stereocenters.